The molecule has 1 aromatic heterocycles. The lowest BCUT2D eigenvalue weighted by molar-refractivity contribution is 0.199. The zero-order valence-corrected chi connectivity index (χ0v) is 21.0. The average molecular weight is 487 g/mol. The van der Waals surface area contributed by atoms with E-state index in [1.807, 2.05) is 39.1 Å². The highest BCUT2D eigenvalue weighted by atomic mass is 32.2. The number of rotatable bonds is 7. The summed E-state index contributed by atoms with van der Waals surface area (Å²) in [6.07, 6.45) is -0.821. The second-order valence-corrected chi connectivity index (χ2v) is 11.3. The molecule has 3 N–H and O–H groups in total. The predicted molar refractivity (Wildman–Crippen MR) is 134 cm³/mol. The van der Waals surface area contributed by atoms with Gasteiger partial charge in [0, 0.05) is 10.6 Å². The molecule has 3 rings (SSSR count). The van der Waals surface area contributed by atoms with Crippen molar-refractivity contribution in [1.82, 2.24) is 4.72 Å². The van der Waals surface area contributed by atoms with Crippen molar-refractivity contribution in [2.75, 3.05) is 5.32 Å². The van der Waals surface area contributed by atoms with Gasteiger partial charge in [-0.1, -0.05) is 45.9 Å². The summed E-state index contributed by atoms with van der Waals surface area (Å²) < 4.78 is 27.7. The van der Waals surface area contributed by atoms with Gasteiger partial charge in [-0.3, -0.25) is 0 Å². The molecule has 0 fully saturated rings. The summed E-state index contributed by atoms with van der Waals surface area (Å²) in [5.74, 6) is 0.217. The molecule has 6 nitrogen and oxygen atoms in total. The van der Waals surface area contributed by atoms with Crippen molar-refractivity contribution in [3.05, 3.63) is 70.6 Å². The van der Waals surface area contributed by atoms with E-state index in [1.54, 1.807) is 24.3 Å². The summed E-state index contributed by atoms with van der Waals surface area (Å²) in [7, 11) is -4.12. The Labute approximate surface area is 199 Å². The molecular formula is C25H30N2O4S2. The van der Waals surface area contributed by atoms with Crippen LogP contribution in [0.1, 0.15) is 69.2 Å². The first kappa shape index (κ1) is 25.0. The molecule has 176 valence electrons. The molecule has 0 aliphatic heterocycles. The molecule has 33 heavy (non-hydrogen) atoms. The minimum Gasteiger partial charge on any atom is -0.389 e. The second-order valence-electron chi connectivity index (χ2n) is 8.62. The van der Waals surface area contributed by atoms with Crippen molar-refractivity contribution in [3.8, 4) is 10.4 Å². The smallest absolute Gasteiger partial charge is 0.333 e. The third kappa shape index (κ3) is 5.82. The summed E-state index contributed by atoms with van der Waals surface area (Å²) in [6, 6.07) is 13.2. The average Bonchev–Trinajstić information content (AvgIpc) is 3.28. The Morgan fingerprint density at radius 2 is 1.58 bits per heavy atom. The molecule has 2 amide bonds. The van der Waals surface area contributed by atoms with Crippen LogP contribution in [-0.2, 0) is 10.0 Å². The molecule has 0 radical (unpaired) electrons. The van der Waals surface area contributed by atoms with Crippen LogP contribution in [0.5, 0.6) is 0 Å². The minimum absolute atomic E-state index is 0.0859. The zero-order valence-electron chi connectivity index (χ0n) is 19.4. The molecule has 1 unspecified atom stereocenters. The Balaban J connectivity index is 1.95. The number of amides is 2. The first-order chi connectivity index (χ1) is 15.5. The Hall–Kier alpha value is -2.68. The molecule has 0 bridgehead atoms. The van der Waals surface area contributed by atoms with E-state index < -0.39 is 22.2 Å². The highest BCUT2D eigenvalue weighted by Crippen LogP contribution is 2.38. The standard InChI is InChI=1S/C25H30N2O4S2/c1-15(2)21-13-19(23-10-7-11-32-23)14-22(16(3)4)24(21)26-25(29)27-33(30,31)20-9-6-8-18(12-20)17(5)28/h6-17,28H,1-5H3,(H2,26,27,29). The summed E-state index contributed by atoms with van der Waals surface area (Å²) in [5, 5.41) is 14.6. The molecular weight excluding hydrogens is 456 g/mol. The van der Waals surface area contributed by atoms with Gasteiger partial charge in [0.2, 0.25) is 0 Å². The zero-order chi connectivity index (χ0) is 24.3. The monoisotopic (exact) mass is 486 g/mol. The molecule has 0 saturated heterocycles. The van der Waals surface area contributed by atoms with Gasteiger partial charge < -0.3 is 10.4 Å². The normalized spacial score (nSPS) is 12.7. The number of sulfonamides is 1. The fraction of sp³-hybridized carbons (Fsp3) is 0.320. The maximum absolute atomic E-state index is 12.8. The number of hydrogen-bond donors (Lipinski definition) is 3. The second kappa shape index (κ2) is 10.1. The first-order valence-corrected chi connectivity index (χ1v) is 13.2. The Morgan fingerprint density at radius 3 is 2.09 bits per heavy atom. The third-order valence-corrected chi connectivity index (χ3v) is 7.61. The van der Waals surface area contributed by atoms with Crippen LogP contribution in [0.2, 0.25) is 0 Å². The van der Waals surface area contributed by atoms with Gasteiger partial charge in [0.1, 0.15) is 0 Å². The highest BCUT2D eigenvalue weighted by molar-refractivity contribution is 7.90. The van der Waals surface area contributed by atoms with Crippen LogP contribution in [0.15, 0.2) is 58.8 Å². The lowest BCUT2D eigenvalue weighted by atomic mass is 9.90. The fourth-order valence-corrected chi connectivity index (χ4v) is 5.27. The van der Waals surface area contributed by atoms with Crippen LogP contribution in [-0.4, -0.2) is 19.6 Å². The van der Waals surface area contributed by atoms with E-state index in [9.17, 15) is 18.3 Å². The van der Waals surface area contributed by atoms with Gasteiger partial charge in [-0.15, -0.1) is 11.3 Å². The Kier molecular flexibility index (Phi) is 7.62. The minimum atomic E-state index is -4.12. The molecule has 0 saturated carbocycles. The molecule has 8 heteroatoms. The number of aliphatic hydroxyl groups is 1. The van der Waals surface area contributed by atoms with E-state index in [4.69, 9.17) is 0 Å². The van der Waals surface area contributed by atoms with Crippen molar-refractivity contribution < 1.29 is 18.3 Å². The molecule has 2 aromatic carbocycles. The van der Waals surface area contributed by atoms with Crippen LogP contribution in [0.4, 0.5) is 10.5 Å². The molecule has 0 aliphatic rings. The van der Waals surface area contributed by atoms with Gasteiger partial charge in [0.25, 0.3) is 10.0 Å². The summed E-state index contributed by atoms with van der Waals surface area (Å²) in [4.78, 5) is 13.9. The SMILES string of the molecule is CC(C)c1cc(-c2cccs2)cc(C(C)C)c1NC(=O)NS(=O)(=O)c1cccc(C(C)O)c1. The van der Waals surface area contributed by atoms with Crippen LogP contribution in [0.25, 0.3) is 10.4 Å². The molecule has 3 aromatic rings. The van der Waals surface area contributed by atoms with Crippen LogP contribution in [0, 0.1) is 0 Å². The van der Waals surface area contributed by atoms with Crippen molar-refractivity contribution >= 4 is 33.1 Å². The highest BCUT2D eigenvalue weighted by Gasteiger charge is 2.22. The Bertz CT molecular complexity index is 1200. The van der Waals surface area contributed by atoms with Gasteiger partial charge in [0.05, 0.1) is 11.0 Å². The van der Waals surface area contributed by atoms with E-state index in [0.717, 1.165) is 21.6 Å². The number of nitrogens with one attached hydrogen (secondary N) is 2. The quantitative estimate of drug-likeness (QED) is 0.369. The predicted octanol–water partition coefficient (Wildman–Crippen LogP) is 6.23. The van der Waals surface area contributed by atoms with Gasteiger partial charge in [-0.2, -0.15) is 0 Å². The topological polar surface area (TPSA) is 95.5 Å². The lowest BCUT2D eigenvalue weighted by Crippen LogP contribution is -2.35. The number of carbonyl (C=O) groups excluding carboxylic acids is 1. The van der Waals surface area contributed by atoms with Crippen molar-refractivity contribution in [3.63, 3.8) is 0 Å². The number of benzene rings is 2. The van der Waals surface area contributed by atoms with Crippen LogP contribution >= 0.6 is 11.3 Å². The van der Waals surface area contributed by atoms with Gasteiger partial charge in [-0.25, -0.2) is 17.9 Å². The van der Waals surface area contributed by atoms with Crippen molar-refractivity contribution in [2.24, 2.45) is 0 Å². The number of aliphatic hydroxyl groups excluding tert-OH is 1. The number of anilines is 1. The summed E-state index contributed by atoms with van der Waals surface area (Å²) >= 11 is 1.65. The molecule has 0 spiro atoms. The number of hydrogen-bond acceptors (Lipinski definition) is 5. The first-order valence-electron chi connectivity index (χ1n) is 10.8. The van der Waals surface area contributed by atoms with Crippen molar-refractivity contribution in [1.29, 1.82) is 0 Å². The number of thiophene rings is 1. The lowest BCUT2D eigenvalue weighted by Gasteiger charge is -2.22. The van der Waals surface area contributed by atoms with E-state index in [-0.39, 0.29) is 16.7 Å². The number of urea groups is 1. The Morgan fingerprint density at radius 1 is 0.939 bits per heavy atom. The van der Waals surface area contributed by atoms with E-state index in [1.165, 1.54) is 18.2 Å². The fourth-order valence-electron chi connectivity index (χ4n) is 3.59. The van der Waals surface area contributed by atoms with E-state index >= 15 is 0 Å². The van der Waals surface area contributed by atoms with E-state index in [2.05, 4.69) is 28.2 Å². The van der Waals surface area contributed by atoms with Crippen LogP contribution < -0.4 is 10.0 Å². The molecule has 1 atom stereocenters. The largest absolute Gasteiger partial charge is 0.389 e. The molecule has 1 heterocycles. The van der Waals surface area contributed by atoms with Crippen LogP contribution in [0.3, 0.4) is 0 Å². The van der Waals surface area contributed by atoms with Crippen molar-refractivity contribution in [2.45, 2.75) is 57.5 Å². The van der Waals surface area contributed by atoms with E-state index in [0.29, 0.717) is 11.3 Å². The summed E-state index contributed by atoms with van der Waals surface area (Å²) in [5.41, 5.74) is 4.03. The maximum atomic E-state index is 12.8. The number of carbonyl (C=O) groups is 1. The maximum Gasteiger partial charge on any atom is 0.333 e. The van der Waals surface area contributed by atoms with Gasteiger partial charge >= 0.3 is 6.03 Å². The van der Waals surface area contributed by atoms with Gasteiger partial charge in [-0.05, 0) is 76.7 Å². The summed E-state index contributed by atoms with van der Waals surface area (Å²) in [6.45, 7) is 9.71. The molecule has 0 aliphatic carbocycles. The van der Waals surface area contributed by atoms with Gasteiger partial charge in [0.15, 0.2) is 0 Å². The third-order valence-electron chi connectivity index (χ3n) is 5.37.